The van der Waals surface area contributed by atoms with E-state index in [4.69, 9.17) is 4.74 Å². The first-order chi connectivity index (χ1) is 16.0. The summed E-state index contributed by atoms with van der Waals surface area (Å²) in [5.41, 5.74) is 6.17. The maximum Gasteiger partial charge on any atom is 0.271 e. The molecule has 2 N–H and O–H groups in total. The van der Waals surface area contributed by atoms with Crippen LogP contribution in [-0.2, 0) is 4.79 Å². The smallest absolute Gasteiger partial charge is 0.271 e. The molecule has 3 aromatic carbocycles. The summed E-state index contributed by atoms with van der Waals surface area (Å²) >= 11 is 0. The second kappa shape index (κ2) is 12.0. The third-order valence-corrected chi connectivity index (χ3v) is 4.71. The molecule has 0 aliphatic carbocycles. The Morgan fingerprint density at radius 1 is 0.909 bits per heavy atom. The Morgan fingerprint density at radius 2 is 1.58 bits per heavy atom. The van der Waals surface area contributed by atoms with Crippen LogP contribution in [0.25, 0.3) is 6.08 Å². The Balaban J connectivity index is 1.53. The number of carbonyl (C=O) groups excluding carboxylic acids is 2. The Morgan fingerprint density at radius 3 is 2.24 bits per heavy atom. The lowest BCUT2D eigenvalue weighted by Crippen LogP contribution is -2.19. The van der Waals surface area contributed by atoms with Crippen molar-refractivity contribution in [3.05, 3.63) is 102 Å². The Bertz CT molecular complexity index is 1120. The van der Waals surface area contributed by atoms with Gasteiger partial charge in [-0.3, -0.25) is 9.59 Å². The van der Waals surface area contributed by atoms with Gasteiger partial charge in [0.1, 0.15) is 5.75 Å². The molecule has 2 amide bonds. The molecule has 0 heterocycles. The van der Waals surface area contributed by atoms with Crippen molar-refractivity contribution >= 4 is 29.3 Å². The maximum atomic E-state index is 12.3. The number of hydrazone groups is 1. The lowest BCUT2D eigenvalue weighted by atomic mass is 10.1. The summed E-state index contributed by atoms with van der Waals surface area (Å²) in [6.45, 7) is 4.48. The number of anilines is 1. The van der Waals surface area contributed by atoms with Crippen LogP contribution in [0.2, 0.25) is 0 Å². The molecule has 6 heteroatoms. The van der Waals surface area contributed by atoms with Gasteiger partial charge in [-0.25, -0.2) is 5.43 Å². The number of ether oxygens (including phenoxy) is 1. The molecule has 3 aromatic rings. The van der Waals surface area contributed by atoms with Crippen molar-refractivity contribution in [1.29, 1.82) is 0 Å². The summed E-state index contributed by atoms with van der Waals surface area (Å²) < 4.78 is 5.52. The van der Waals surface area contributed by atoms with Gasteiger partial charge in [0.25, 0.3) is 5.91 Å². The molecule has 33 heavy (non-hydrogen) atoms. The SMILES string of the molecule is CCCOc1ccc(C(=O)N/N=C(\C)c2ccc(NC(=O)/C=C/c3ccccc3)cc2)cc1. The number of nitrogens with zero attached hydrogens (tertiary/aromatic N) is 1. The summed E-state index contributed by atoms with van der Waals surface area (Å²) in [4.78, 5) is 24.4. The number of nitrogens with one attached hydrogen (secondary N) is 2. The van der Waals surface area contributed by atoms with E-state index in [9.17, 15) is 9.59 Å². The van der Waals surface area contributed by atoms with E-state index in [-0.39, 0.29) is 11.8 Å². The van der Waals surface area contributed by atoms with E-state index in [1.54, 1.807) is 49.4 Å². The van der Waals surface area contributed by atoms with E-state index in [0.29, 0.717) is 23.6 Å². The zero-order valence-corrected chi connectivity index (χ0v) is 18.7. The maximum absolute atomic E-state index is 12.3. The number of hydrogen-bond donors (Lipinski definition) is 2. The largest absolute Gasteiger partial charge is 0.494 e. The van der Waals surface area contributed by atoms with Crippen molar-refractivity contribution in [2.24, 2.45) is 5.10 Å². The first-order valence-corrected chi connectivity index (χ1v) is 10.8. The fourth-order valence-corrected chi connectivity index (χ4v) is 2.90. The molecular formula is C27H27N3O3. The molecule has 0 aromatic heterocycles. The van der Waals surface area contributed by atoms with E-state index in [0.717, 1.165) is 23.3 Å². The second-order valence-electron chi connectivity index (χ2n) is 7.32. The highest BCUT2D eigenvalue weighted by atomic mass is 16.5. The zero-order valence-electron chi connectivity index (χ0n) is 18.7. The van der Waals surface area contributed by atoms with Crippen molar-refractivity contribution in [2.75, 3.05) is 11.9 Å². The predicted molar refractivity (Wildman–Crippen MR) is 132 cm³/mol. The van der Waals surface area contributed by atoms with Crippen LogP contribution >= 0.6 is 0 Å². The molecule has 6 nitrogen and oxygen atoms in total. The third kappa shape index (κ3) is 7.47. The van der Waals surface area contributed by atoms with Gasteiger partial charge >= 0.3 is 0 Å². The quantitative estimate of drug-likeness (QED) is 0.269. The average Bonchev–Trinajstić information content (AvgIpc) is 2.86. The summed E-state index contributed by atoms with van der Waals surface area (Å²) in [6.07, 6.45) is 4.18. The van der Waals surface area contributed by atoms with Gasteiger partial charge in [0.05, 0.1) is 12.3 Å². The van der Waals surface area contributed by atoms with Gasteiger partial charge in [-0.2, -0.15) is 5.10 Å². The molecule has 0 atom stereocenters. The summed E-state index contributed by atoms with van der Waals surface area (Å²) in [7, 11) is 0. The van der Waals surface area contributed by atoms with E-state index >= 15 is 0 Å². The summed E-state index contributed by atoms with van der Waals surface area (Å²) in [5.74, 6) is 0.219. The molecule has 0 aliphatic heterocycles. The fourth-order valence-electron chi connectivity index (χ4n) is 2.90. The minimum absolute atomic E-state index is 0.213. The first kappa shape index (κ1) is 23.5. The van der Waals surface area contributed by atoms with Gasteiger partial charge in [0.2, 0.25) is 5.91 Å². The lowest BCUT2D eigenvalue weighted by molar-refractivity contribution is -0.111. The molecular weight excluding hydrogens is 414 g/mol. The molecule has 0 bridgehead atoms. The van der Waals surface area contributed by atoms with Gasteiger partial charge in [-0.15, -0.1) is 0 Å². The highest BCUT2D eigenvalue weighted by Crippen LogP contribution is 2.13. The van der Waals surface area contributed by atoms with E-state index < -0.39 is 0 Å². The highest BCUT2D eigenvalue weighted by molar-refractivity contribution is 6.03. The predicted octanol–water partition coefficient (Wildman–Crippen LogP) is 5.28. The minimum atomic E-state index is -0.300. The zero-order chi connectivity index (χ0) is 23.5. The van der Waals surface area contributed by atoms with Gasteiger partial charge in [0, 0.05) is 17.3 Å². The molecule has 0 unspecified atom stereocenters. The van der Waals surface area contributed by atoms with E-state index in [1.165, 1.54) is 6.08 Å². The Labute approximate surface area is 194 Å². The van der Waals surface area contributed by atoms with Gasteiger partial charge in [0.15, 0.2) is 0 Å². The molecule has 168 valence electrons. The molecule has 0 fully saturated rings. The monoisotopic (exact) mass is 441 g/mol. The summed E-state index contributed by atoms with van der Waals surface area (Å²) in [5, 5.41) is 7.01. The van der Waals surface area contributed by atoms with Crippen LogP contribution in [0.1, 0.15) is 41.8 Å². The number of carbonyl (C=O) groups is 2. The highest BCUT2D eigenvalue weighted by Gasteiger charge is 2.06. The number of rotatable bonds is 9. The van der Waals surface area contributed by atoms with Crippen molar-refractivity contribution < 1.29 is 14.3 Å². The van der Waals surface area contributed by atoms with Crippen LogP contribution in [0.3, 0.4) is 0 Å². The third-order valence-electron chi connectivity index (χ3n) is 4.71. The molecule has 0 saturated carbocycles. The van der Waals surface area contributed by atoms with Crippen LogP contribution in [-0.4, -0.2) is 24.1 Å². The minimum Gasteiger partial charge on any atom is -0.494 e. The number of benzene rings is 3. The Kier molecular flexibility index (Phi) is 8.54. The van der Waals surface area contributed by atoms with E-state index in [2.05, 4.69) is 15.8 Å². The molecule has 3 rings (SSSR count). The lowest BCUT2D eigenvalue weighted by Gasteiger charge is -2.07. The van der Waals surface area contributed by atoms with Crippen LogP contribution < -0.4 is 15.5 Å². The normalized spacial score (nSPS) is 11.3. The van der Waals surface area contributed by atoms with Crippen molar-refractivity contribution in [3.8, 4) is 5.75 Å². The van der Waals surface area contributed by atoms with Crippen LogP contribution in [0.15, 0.2) is 90.0 Å². The second-order valence-corrected chi connectivity index (χ2v) is 7.32. The molecule has 0 spiro atoms. The summed E-state index contributed by atoms with van der Waals surface area (Å²) in [6, 6.07) is 23.8. The molecule has 0 saturated heterocycles. The van der Waals surface area contributed by atoms with Crippen molar-refractivity contribution in [2.45, 2.75) is 20.3 Å². The number of amides is 2. The average molecular weight is 442 g/mol. The standard InChI is InChI=1S/C27H27N3O3/c1-3-19-33-25-16-12-23(13-17-25)27(32)30-29-20(2)22-10-14-24(15-11-22)28-26(31)18-9-21-7-5-4-6-8-21/h4-18H,3,19H2,1-2H3,(H,28,31)(H,30,32)/b18-9+,29-20+. The Hall–Kier alpha value is -4.19. The van der Waals surface area contributed by atoms with Crippen LogP contribution in [0, 0.1) is 0 Å². The van der Waals surface area contributed by atoms with E-state index in [1.807, 2.05) is 49.4 Å². The number of hydrogen-bond acceptors (Lipinski definition) is 4. The van der Waals surface area contributed by atoms with Crippen LogP contribution in [0.4, 0.5) is 5.69 Å². The molecule has 0 radical (unpaired) electrons. The van der Waals surface area contributed by atoms with Gasteiger partial charge < -0.3 is 10.1 Å². The van der Waals surface area contributed by atoms with Crippen molar-refractivity contribution in [1.82, 2.24) is 5.43 Å². The molecule has 0 aliphatic rings. The van der Waals surface area contributed by atoms with Crippen LogP contribution in [0.5, 0.6) is 5.75 Å². The van der Waals surface area contributed by atoms with Gasteiger partial charge in [-0.1, -0.05) is 49.4 Å². The van der Waals surface area contributed by atoms with Gasteiger partial charge in [-0.05, 0) is 66.9 Å². The fraction of sp³-hybridized carbons (Fsp3) is 0.148. The first-order valence-electron chi connectivity index (χ1n) is 10.8. The van der Waals surface area contributed by atoms with Crippen molar-refractivity contribution in [3.63, 3.8) is 0 Å². The topological polar surface area (TPSA) is 79.8 Å².